The molecular weight excluding hydrogens is 296 g/mol. The van der Waals surface area contributed by atoms with Gasteiger partial charge >= 0.3 is 5.97 Å². The first-order valence-corrected chi connectivity index (χ1v) is 7.57. The van der Waals surface area contributed by atoms with Gasteiger partial charge in [0.1, 0.15) is 5.01 Å². The number of hydrogen-bond acceptors (Lipinski definition) is 7. The minimum atomic E-state index is -0.460. The first-order chi connectivity index (χ1) is 9.72. The molecule has 5 nitrogen and oxygen atoms in total. The maximum absolute atomic E-state index is 11.9. The van der Waals surface area contributed by atoms with Gasteiger partial charge in [-0.15, -0.1) is 22.7 Å². The van der Waals surface area contributed by atoms with Crippen molar-refractivity contribution < 1.29 is 14.1 Å². The Morgan fingerprint density at radius 1 is 1.45 bits per heavy atom. The van der Waals surface area contributed by atoms with Gasteiger partial charge in [0.05, 0.1) is 10.6 Å². The summed E-state index contributed by atoms with van der Waals surface area (Å²) in [7, 11) is 0. The fraction of sp³-hybridized carbons (Fsp3) is 0.154. The molecule has 0 atom stereocenters. The molecule has 20 heavy (non-hydrogen) atoms. The van der Waals surface area contributed by atoms with Crippen LogP contribution < -0.4 is 0 Å². The summed E-state index contributed by atoms with van der Waals surface area (Å²) in [5, 5.41) is 8.22. The summed E-state index contributed by atoms with van der Waals surface area (Å²) in [6.07, 6.45) is 0. The third kappa shape index (κ3) is 2.78. The van der Waals surface area contributed by atoms with Crippen molar-refractivity contribution in [3.63, 3.8) is 0 Å². The molecule has 7 heteroatoms. The van der Waals surface area contributed by atoms with Crippen LogP contribution in [0.2, 0.25) is 0 Å². The van der Waals surface area contributed by atoms with Crippen LogP contribution in [0.1, 0.15) is 21.9 Å². The van der Waals surface area contributed by atoms with Crippen LogP contribution in [-0.2, 0) is 11.3 Å². The zero-order valence-corrected chi connectivity index (χ0v) is 12.2. The van der Waals surface area contributed by atoms with Crippen LogP contribution in [0.4, 0.5) is 0 Å². The first kappa shape index (κ1) is 13.0. The zero-order chi connectivity index (χ0) is 13.9. The summed E-state index contributed by atoms with van der Waals surface area (Å²) in [6, 6.07) is 5.65. The molecule has 3 rings (SSSR count). The van der Waals surface area contributed by atoms with E-state index in [0.29, 0.717) is 11.5 Å². The number of thiophene rings is 1. The van der Waals surface area contributed by atoms with Gasteiger partial charge in [0.2, 0.25) is 0 Å². The van der Waals surface area contributed by atoms with E-state index >= 15 is 0 Å². The third-order valence-corrected chi connectivity index (χ3v) is 4.35. The fourth-order valence-corrected chi connectivity index (χ4v) is 3.18. The van der Waals surface area contributed by atoms with Crippen molar-refractivity contribution >= 4 is 28.6 Å². The molecule has 0 aliphatic heterocycles. The summed E-state index contributed by atoms with van der Waals surface area (Å²) in [5.41, 5.74) is 1.07. The largest absolute Gasteiger partial charge is 0.453 e. The quantitative estimate of drug-likeness (QED) is 0.690. The second-order valence-corrected chi connectivity index (χ2v) is 5.83. The van der Waals surface area contributed by atoms with Crippen LogP contribution in [0.25, 0.3) is 9.88 Å². The fourth-order valence-electron chi connectivity index (χ4n) is 1.58. The highest BCUT2D eigenvalue weighted by Crippen LogP contribution is 2.28. The van der Waals surface area contributed by atoms with Crippen molar-refractivity contribution in [3.8, 4) is 9.88 Å². The van der Waals surface area contributed by atoms with E-state index in [0.717, 1.165) is 15.6 Å². The van der Waals surface area contributed by atoms with Gasteiger partial charge in [-0.1, -0.05) is 11.2 Å². The molecule has 0 aromatic carbocycles. The van der Waals surface area contributed by atoms with Gasteiger partial charge in [-0.2, -0.15) is 0 Å². The van der Waals surface area contributed by atoms with Crippen molar-refractivity contribution in [1.29, 1.82) is 0 Å². The number of carbonyl (C=O) groups is 1. The molecule has 0 aliphatic rings. The maximum atomic E-state index is 11.9. The number of nitrogens with zero attached hydrogens (tertiary/aromatic N) is 2. The monoisotopic (exact) mass is 306 g/mol. The molecule has 0 amide bonds. The molecule has 0 unspecified atom stereocenters. The number of esters is 1. The number of hydrogen-bond donors (Lipinski definition) is 0. The highest BCUT2D eigenvalue weighted by molar-refractivity contribution is 7.20. The number of aryl methyl sites for hydroxylation is 1. The average molecular weight is 306 g/mol. The van der Waals surface area contributed by atoms with Crippen molar-refractivity contribution in [2.75, 3.05) is 0 Å². The minimum absolute atomic E-state index is 0.0610. The van der Waals surface area contributed by atoms with Crippen LogP contribution in [0, 0.1) is 6.92 Å². The van der Waals surface area contributed by atoms with E-state index in [2.05, 4.69) is 10.1 Å². The van der Waals surface area contributed by atoms with E-state index in [9.17, 15) is 4.79 Å². The van der Waals surface area contributed by atoms with E-state index in [1.54, 1.807) is 22.8 Å². The van der Waals surface area contributed by atoms with Gasteiger partial charge in [0.25, 0.3) is 0 Å². The standard InChI is InChI=1S/C13H10N2O3S2/c1-8-5-9(18-15-8)6-17-13(16)10-7-20-12(14-10)11-3-2-4-19-11/h2-5,7H,6H2,1H3. The van der Waals surface area contributed by atoms with E-state index in [1.165, 1.54) is 11.3 Å². The van der Waals surface area contributed by atoms with Crippen molar-refractivity contribution in [2.45, 2.75) is 13.5 Å². The van der Waals surface area contributed by atoms with E-state index < -0.39 is 5.97 Å². The molecule has 0 aliphatic carbocycles. The van der Waals surface area contributed by atoms with Crippen molar-refractivity contribution in [3.05, 3.63) is 46.1 Å². The van der Waals surface area contributed by atoms with E-state index in [-0.39, 0.29) is 6.61 Å². The lowest BCUT2D eigenvalue weighted by molar-refractivity contribution is 0.0431. The summed E-state index contributed by atoms with van der Waals surface area (Å²) in [6.45, 7) is 1.87. The van der Waals surface area contributed by atoms with Crippen molar-refractivity contribution in [1.82, 2.24) is 10.1 Å². The molecule has 0 N–H and O–H groups in total. The van der Waals surface area contributed by atoms with Crippen LogP contribution in [0.5, 0.6) is 0 Å². The molecule has 3 aromatic heterocycles. The Bertz CT molecular complexity index is 716. The summed E-state index contributed by atoms with van der Waals surface area (Å²) in [5.74, 6) is 0.0580. The van der Waals surface area contributed by atoms with Crippen LogP contribution in [0.15, 0.2) is 33.5 Å². The van der Waals surface area contributed by atoms with Gasteiger partial charge < -0.3 is 9.26 Å². The molecule has 102 valence electrons. The van der Waals surface area contributed by atoms with Crippen LogP contribution >= 0.6 is 22.7 Å². The molecule has 0 fully saturated rings. The number of rotatable bonds is 4. The highest BCUT2D eigenvalue weighted by Gasteiger charge is 2.14. The lowest BCUT2D eigenvalue weighted by Gasteiger charge is -1.98. The number of ether oxygens (including phenoxy) is 1. The lowest BCUT2D eigenvalue weighted by Crippen LogP contribution is -2.05. The molecule has 0 saturated heterocycles. The predicted octanol–water partition coefficient (Wildman–Crippen LogP) is 3.53. The maximum Gasteiger partial charge on any atom is 0.358 e. The van der Waals surface area contributed by atoms with Crippen LogP contribution in [0.3, 0.4) is 0 Å². The normalized spacial score (nSPS) is 10.7. The van der Waals surface area contributed by atoms with Gasteiger partial charge in [0.15, 0.2) is 18.1 Å². The molecule has 3 heterocycles. The first-order valence-electron chi connectivity index (χ1n) is 5.81. The Morgan fingerprint density at radius 2 is 2.35 bits per heavy atom. The number of carbonyl (C=O) groups excluding carboxylic acids is 1. The molecular formula is C13H10N2O3S2. The molecule has 0 radical (unpaired) electrons. The number of thiazole rings is 1. The highest BCUT2D eigenvalue weighted by atomic mass is 32.1. The molecule has 3 aromatic rings. The molecule has 0 saturated carbocycles. The Morgan fingerprint density at radius 3 is 3.05 bits per heavy atom. The lowest BCUT2D eigenvalue weighted by atomic mass is 10.4. The smallest absolute Gasteiger partial charge is 0.358 e. The van der Waals surface area contributed by atoms with Gasteiger partial charge in [-0.05, 0) is 18.4 Å². The topological polar surface area (TPSA) is 65.2 Å². The Kier molecular flexibility index (Phi) is 3.62. The van der Waals surface area contributed by atoms with Crippen molar-refractivity contribution in [2.24, 2.45) is 0 Å². The van der Waals surface area contributed by atoms with E-state index in [1.807, 2.05) is 24.4 Å². The predicted molar refractivity (Wildman–Crippen MR) is 75.8 cm³/mol. The molecule has 0 spiro atoms. The number of aromatic nitrogens is 2. The second-order valence-electron chi connectivity index (χ2n) is 4.03. The van der Waals surface area contributed by atoms with Gasteiger partial charge in [-0.25, -0.2) is 9.78 Å². The Hall–Kier alpha value is -1.99. The van der Waals surface area contributed by atoms with E-state index in [4.69, 9.17) is 9.26 Å². The van der Waals surface area contributed by atoms with Crippen LogP contribution in [-0.4, -0.2) is 16.1 Å². The third-order valence-electron chi connectivity index (χ3n) is 2.47. The summed E-state index contributed by atoms with van der Waals surface area (Å²) >= 11 is 3.01. The summed E-state index contributed by atoms with van der Waals surface area (Å²) < 4.78 is 10.1. The Labute approximate surface area is 122 Å². The van der Waals surface area contributed by atoms with Gasteiger partial charge in [-0.3, -0.25) is 0 Å². The molecule has 0 bridgehead atoms. The SMILES string of the molecule is Cc1cc(COC(=O)c2csc(-c3cccs3)n2)on1. The van der Waals surface area contributed by atoms with Gasteiger partial charge in [0, 0.05) is 11.4 Å². The second kappa shape index (κ2) is 5.56. The zero-order valence-electron chi connectivity index (χ0n) is 10.5. The summed E-state index contributed by atoms with van der Waals surface area (Å²) in [4.78, 5) is 17.2. The Balaban J connectivity index is 1.65. The minimum Gasteiger partial charge on any atom is -0.453 e. The average Bonchev–Trinajstić information content (AvgIpc) is 3.16.